The van der Waals surface area contributed by atoms with Gasteiger partial charge in [-0.05, 0) is 25.1 Å². The van der Waals surface area contributed by atoms with E-state index in [0.29, 0.717) is 17.0 Å². The van der Waals surface area contributed by atoms with Crippen molar-refractivity contribution in [2.45, 2.75) is 26.6 Å². The zero-order valence-electron chi connectivity index (χ0n) is 14.2. The van der Waals surface area contributed by atoms with Crippen molar-refractivity contribution in [2.75, 3.05) is 5.32 Å². The minimum Gasteiger partial charge on any atom is -0.467 e. The first-order valence-corrected chi connectivity index (χ1v) is 8.00. The maximum Gasteiger partial charge on any atom is 0.333 e. The molecule has 0 spiro atoms. The lowest BCUT2D eigenvalue weighted by Gasteiger charge is -2.04. The summed E-state index contributed by atoms with van der Waals surface area (Å²) in [6, 6.07) is 4.55. The van der Waals surface area contributed by atoms with E-state index in [0.717, 1.165) is 12.3 Å². The van der Waals surface area contributed by atoms with Gasteiger partial charge in [-0.15, -0.1) is 0 Å². The van der Waals surface area contributed by atoms with Crippen LogP contribution in [0.15, 0.2) is 41.3 Å². The summed E-state index contributed by atoms with van der Waals surface area (Å²) in [4.78, 5) is 24.7. The number of hydrogen-bond donors (Lipinski definition) is 2. The summed E-state index contributed by atoms with van der Waals surface area (Å²) < 4.78 is 32.1. The average molecular weight is 378 g/mol. The van der Waals surface area contributed by atoms with Crippen molar-refractivity contribution >= 4 is 17.5 Å². The predicted molar refractivity (Wildman–Crippen MR) is 89.2 cm³/mol. The highest BCUT2D eigenvalue weighted by Gasteiger charge is 2.21. The molecule has 3 aromatic rings. The van der Waals surface area contributed by atoms with Gasteiger partial charge in [-0.2, -0.15) is 19.0 Å². The van der Waals surface area contributed by atoms with E-state index in [1.165, 1.54) is 17.1 Å². The van der Waals surface area contributed by atoms with Crippen molar-refractivity contribution in [2.24, 2.45) is 0 Å². The molecule has 0 aliphatic rings. The van der Waals surface area contributed by atoms with Crippen LogP contribution in [0.4, 0.5) is 14.5 Å². The Hall–Kier alpha value is -3.50. The van der Waals surface area contributed by atoms with Crippen LogP contribution in [0.2, 0.25) is 0 Å². The second kappa shape index (κ2) is 7.81. The SMILES string of the molecule is CCn1cc(NC(=O)c2ccn(C(F)F)n2)c(C(=O)NCc2ccco2)n1. The molecule has 9 nitrogen and oxygen atoms in total. The molecule has 0 fully saturated rings. The van der Waals surface area contributed by atoms with Gasteiger partial charge in [-0.3, -0.25) is 14.3 Å². The van der Waals surface area contributed by atoms with E-state index in [4.69, 9.17) is 4.42 Å². The minimum atomic E-state index is -2.85. The fourth-order valence-electron chi connectivity index (χ4n) is 2.26. The van der Waals surface area contributed by atoms with Gasteiger partial charge in [0.05, 0.1) is 18.5 Å². The largest absolute Gasteiger partial charge is 0.467 e. The van der Waals surface area contributed by atoms with Crippen LogP contribution in [0.3, 0.4) is 0 Å². The summed E-state index contributed by atoms with van der Waals surface area (Å²) in [6.45, 7) is -0.420. The van der Waals surface area contributed by atoms with Crippen molar-refractivity contribution in [3.05, 3.63) is 54.0 Å². The van der Waals surface area contributed by atoms with Crippen LogP contribution < -0.4 is 10.6 Å². The molecule has 2 N–H and O–H groups in total. The molecule has 0 saturated carbocycles. The summed E-state index contributed by atoms with van der Waals surface area (Å²) in [7, 11) is 0. The van der Waals surface area contributed by atoms with E-state index in [1.54, 1.807) is 12.1 Å². The molecular formula is C16H16F2N6O3. The molecule has 0 radical (unpaired) electrons. The number of aryl methyl sites for hydroxylation is 1. The highest BCUT2D eigenvalue weighted by Crippen LogP contribution is 2.16. The van der Waals surface area contributed by atoms with Crippen LogP contribution in [0.1, 0.15) is 40.2 Å². The third kappa shape index (κ3) is 4.19. The van der Waals surface area contributed by atoms with Gasteiger partial charge in [0, 0.05) is 18.9 Å². The van der Waals surface area contributed by atoms with Gasteiger partial charge >= 0.3 is 6.55 Å². The van der Waals surface area contributed by atoms with Crippen molar-refractivity contribution in [3.63, 3.8) is 0 Å². The quantitative estimate of drug-likeness (QED) is 0.656. The van der Waals surface area contributed by atoms with E-state index in [9.17, 15) is 18.4 Å². The zero-order valence-corrected chi connectivity index (χ0v) is 14.2. The van der Waals surface area contributed by atoms with Gasteiger partial charge in [-0.25, -0.2) is 4.68 Å². The number of anilines is 1. The first kappa shape index (κ1) is 18.3. The first-order chi connectivity index (χ1) is 13.0. The molecule has 0 aliphatic carbocycles. The molecule has 0 bridgehead atoms. The van der Waals surface area contributed by atoms with Gasteiger partial charge < -0.3 is 15.1 Å². The van der Waals surface area contributed by atoms with Crippen molar-refractivity contribution in [1.29, 1.82) is 0 Å². The average Bonchev–Trinajstić information content (AvgIpc) is 3.39. The van der Waals surface area contributed by atoms with Crippen molar-refractivity contribution in [1.82, 2.24) is 24.9 Å². The van der Waals surface area contributed by atoms with E-state index in [2.05, 4.69) is 20.8 Å². The minimum absolute atomic E-state index is 0.00921. The highest BCUT2D eigenvalue weighted by atomic mass is 19.3. The Morgan fingerprint density at radius 1 is 1.26 bits per heavy atom. The Morgan fingerprint density at radius 3 is 2.70 bits per heavy atom. The topological polar surface area (TPSA) is 107 Å². The Balaban J connectivity index is 1.74. The lowest BCUT2D eigenvalue weighted by Crippen LogP contribution is -2.25. The molecule has 2 amide bonds. The summed E-state index contributed by atoms with van der Waals surface area (Å²) in [6.07, 6.45) is 3.95. The molecule has 0 atom stereocenters. The molecule has 3 aromatic heterocycles. The molecule has 0 saturated heterocycles. The number of alkyl halides is 2. The Labute approximate surface area is 151 Å². The van der Waals surface area contributed by atoms with Crippen LogP contribution in [-0.2, 0) is 13.1 Å². The fraction of sp³-hybridized carbons (Fsp3) is 0.250. The number of amides is 2. The van der Waals surface area contributed by atoms with Gasteiger partial charge in [0.1, 0.15) is 5.76 Å². The normalized spacial score (nSPS) is 11.0. The first-order valence-electron chi connectivity index (χ1n) is 8.00. The van der Waals surface area contributed by atoms with Crippen molar-refractivity contribution in [3.8, 4) is 0 Å². The molecule has 27 heavy (non-hydrogen) atoms. The monoisotopic (exact) mass is 378 g/mol. The smallest absolute Gasteiger partial charge is 0.333 e. The van der Waals surface area contributed by atoms with Gasteiger partial charge in [0.25, 0.3) is 11.8 Å². The maximum atomic E-state index is 12.6. The fourth-order valence-corrected chi connectivity index (χ4v) is 2.26. The van der Waals surface area contributed by atoms with Crippen LogP contribution in [-0.4, -0.2) is 31.4 Å². The maximum absolute atomic E-state index is 12.6. The second-order valence-electron chi connectivity index (χ2n) is 5.42. The van der Waals surface area contributed by atoms with E-state index >= 15 is 0 Å². The molecule has 11 heteroatoms. The summed E-state index contributed by atoms with van der Waals surface area (Å²) >= 11 is 0. The number of carbonyl (C=O) groups excluding carboxylic acids is 2. The second-order valence-corrected chi connectivity index (χ2v) is 5.42. The summed E-state index contributed by atoms with van der Waals surface area (Å²) in [5.41, 5.74) is -0.0723. The molecule has 142 valence electrons. The van der Waals surface area contributed by atoms with Crippen LogP contribution in [0.25, 0.3) is 0 Å². The van der Waals surface area contributed by atoms with E-state index < -0.39 is 18.4 Å². The highest BCUT2D eigenvalue weighted by molar-refractivity contribution is 6.07. The van der Waals surface area contributed by atoms with Gasteiger partial charge in [0.2, 0.25) is 0 Å². The third-order valence-electron chi connectivity index (χ3n) is 3.59. The molecule has 3 heterocycles. The number of aromatic nitrogens is 4. The molecule has 3 rings (SSSR count). The number of furan rings is 1. The van der Waals surface area contributed by atoms with Crippen LogP contribution >= 0.6 is 0 Å². The van der Waals surface area contributed by atoms with Gasteiger partial charge in [0.15, 0.2) is 11.4 Å². The van der Waals surface area contributed by atoms with E-state index in [1.807, 2.05) is 6.92 Å². The predicted octanol–water partition coefficient (Wildman–Crippen LogP) is 2.27. The number of carbonyl (C=O) groups is 2. The number of nitrogens with one attached hydrogen (secondary N) is 2. The molecular weight excluding hydrogens is 362 g/mol. The van der Waals surface area contributed by atoms with Crippen molar-refractivity contribution < 1.29 is 22.8 Å². The molecule has 0 aliphatic heterocycles. The number of halogens is 2. The Morgan fingerprint density at radius 2 is 2.07 bits per heavy atom. The van der Waals surface area contributed by atoms with Crippen LogP contribution in [0.5, 0.6) is 0 Å². The zero-order chi connectivity index (χ0) is 19.4. The summed E-state index contributed by atoms with van der Waals surface area (Å²) in [5.74, 6) is -0.696. The standard InChI is InChI=1S/C16H16F2N6O3/c1-2-23-9-12(20-14(25)11-5-6-24(21-11)16(17)18)13(22-23)15(26)19-8-10-4-3-7-27-10/h3-7,9,16H,2,8H2,1H3,(H,19,26)(H,20,25). The van der Waals surface area contributed by atoms with Crippen LogP contribution in [0, 0.1) is 0 Å². The molecule has 0 unspecified atom stereocenters. The van der Waals surface area contributed by atoms with E-state index in [-0.39, 0.29) is 23.6 Å². The van der Waals surface area contributed by atoms with Gasteiger partial charge in [-0.1, -0.05) is 0 Å². The Kier molecular flexibility index (Phi) is 5.29. The lowest BCUT2D eigenvalue weighted by atomic mass is 10.3. The Bertz CT molecular complexity index is 932. The number of rotatable bonds is 7. The number of hydrogen-bond acceptors (Lipinski definition) is 5. The lowest BCUT2D eigenvalue weighted by molar-refractivity contribution is 0.0561. The number of nitrogens with zero attached hydrogens (tertiary/aromatic N) is 4. The summed E-state index contributed by atoms with van der Waals surface area (Å²) in [5, 5.41) is 12.7. The third-order valence-corrected chi connectivity index (χ3v) is 3.59. The molecule has 0 aromatic carbocycles.